The van der Waals surface area contributed by atoms with Gasteiger partial charge >= 0.3 is 0 Å². The number of nitrogen functional groups attached to an aromatic ring is 1. The number of thiophene rings is 1. The van der Waals surface area contributed by atoms with Crippen molar-refractivity contribution in [3.05, 3.63) is 45.3 Å². The van der Waals surface area contributed by atoms with Gasteiger partial charge in [0.25, 0.3) is 5.91 Å². The Kier molecular flexibility index (Phi) is 3.74. The van der Waals surface area contributed by atoms with Gasteiger partial charge in [0.15, 0.2) is 0 Å². The average molecular weight is 292 g/mol. The molecule has 0 saturated carbocycles. The number of benzene rings is 1. The van der Waals surface area contributed by atoms with Gasteiger partial charge in [-0.15, -0.1) is 11.3 Å². The molecule has 0 unspecified atom stereocenters. The minimum atomic E-state index is -0.280. The molecule has 0 saturated heterocycles. The first-order valence-electron chi connectivity index (χ1n) is 5.39. The van der Waals surface area contributed by atoms with Crippen molar-refractivity contribution in [1.29, 1.82) is 5.26 Å². The van der Waals surface area contributed by atoms with E-state index in [-0.39, 0.29) is 5.91 Å². The monoisotopic (exact) mass is 291 g/mol. The number of hydrogen-bond acceptors (Lipinski definition) is 4. The molecule has 0 aliphatic heterocycles. The summed E-state index contributed by atoms with van der Waals surface area (Å²) in [4.78, 5) is 12.6. The Balaban J connectivity index is 2.26. The molecule has 0 aliphatic rings. The van der Waals surface area contributed by atoms with Gasteiger partial charge in [-0.2, -0.15) is 5.26 Å². The molecule has 96 valence electrons. The van der Waals surface area contributed by atoms with Gasteiger partial charge < -0.3 is 11.1 Å². The lowest BCUT2D eigenvalue weighted by Gasteiger charge is -2.04. The summed E-state index contributed by atoms with van der Waals surface area (Å²) in [6.07, 6.45) is 0. The minimum absolute atomic E-state index is 0.280. The molecule has 19 heavy (non-hydrogen) atoms. The van der Waals surface area contributed by atoms with Crippen LogP contribution in [-0.4, -0.2) is 5.91 Å². The second-order valence-corrected chi connectivity index (χ2v) is 5.36. The van der Waals surface area contributed by atoms with Crippen LogP contribution in [-0.2, 0) is 0 Å². The SMILES string of the molecule is Cc1c(C(=O)Nc2ccc(Cl)cc2)sc(N)c1C#N. The maximum atomic E-state index is 12.1. The molecule has 1 aromatic heterocycles. The molecule has 0 spiro atoms. The number of nitrogens with one attached hydrogen (secondary N) is 1. The number of halogens is 1. The third kappa shape index (κ3) is 2.70. The van der Waals surface area contributed by atoms with E-state index < -0.39 is 0 Å². The van der Waals surface area contributed by atoms with Crippen molar-refractivity contribution in [2.24, 2.45) is 0 Å². The van der Waals surface area contributed by atoms with Gasteiger partial charge in [0.05, 0.1) is 10.4 Å². The largest absolute Gasteiger partial charge is 0.389 e. The molecule has 4 nitrogen and oxygen atoms in total. The highest BCUT2D eigenvalue weighted by atomic mass is 35.5. The number of rotatable bonds is 2. The maximum absolute atomic E-state index is 12.1. The summed E-state index contributed by atoms with van der Waals surface area (Å²) >= 11 is 6.88. The van der Waals surface area contributed by atoms with Crippen molar-refractivity contribution >= 4 is 39.5 Å². The van der Waals surface area contributed by atoms with Crippen LogP contribution in [0, 0.1) is 18.3 Å². The van der Waals surface area contributed by atoms with Gasteiger partial charge in [0.1, 0.15) is 11.1 Å². The fraction of sp³-hybridized carbons (Fsp3) is 0.0769. The standard InChI is InChI=1S/C13H10ClN3OS/c1-7-10(6-15)12(16)19-11(7)13(18)17-9-4-2-8(14)3-5-9/h2-5H,16H2,1H3,(H,17,18). The number of anilines is 2. The van der Waals surface area contributed by atoms with Gasteiger partial charge in [-0.05, 0) is 36.8 Å². The van der Waals surface area contributed by atoms with Gasteiger partial charge in [-0.1, -0.05) is 11.6 Å². The second-order valence-electron chi connectivity index (χ2n) is 3.87. The van der Waals surface area contributed by atoms with Crippen LogP contribution >= 0.6 is 22.9 Å². The van der Waals surface area contributed by atoms with Crippen molar-refractivity contribution < 1.29 is 4.79 Å². The van der Waals surface area contributed by atoms with Gasteiger partial charge in [0, 0.05) is 10.7 Å². The molecule has 0 aliphatic carbocycles. The van der Waals surface area contributed by atoms with Gasteiger partial charge in [0.2, 0.25) is 0 Å². The van der Waals surface area contributed by atoms with Crippen LogP contribution in [0.4, 0.5) is 10.7 Å². The van der Waals surface area contributed by atoms with Crippen LogP contribution in [0.2, 0.25) is 5.02 Å². The zero-order valence-corrected chi connectivity index (χ0v) is 11.6. The maximum Gasteiger partial charge on any atom is 0.266 e. The molecule has 0 fully saturated rings. The van der Waals surface area contributed by atoms with E-state index in [4.69, 9.17) is 22.6 Å². The molecule has 2 aromatic rings. The first-order chi connectivity index (χ1) is 9.02. The highest BCUT2D eigenvalue weighted by Crippen LogP contribution is 2.30. The number of nitrogens with two attached hydrogens (primary N) is 1. The van der Waals surface area contributed by atoms with Crippen molar-refractivity contribution in [3.8, 4) is 6.07 Å². The lowest BCUT2D eigenvalue weighted by atomic mass is 10.1. The van der Waals surface area contributed by atoms with Gasteiger partial charge in [-0.3, -0.25) is 4.79 Å². The third-order valence-electron chi connectivity index (χ3n) is 2.59. The van der Waals surface area contributed by atoms with E-state index in [1.807, 2.05) is 6.07 Å². The summed E-state index contributed by atoms with van der Waals surface area (Å²) in [7, 11) is 0. The summed E-state index contributed by atoms with van der Waals surface area (Å²) < 4.78 is 0. The first kappa shape index (κ1) is 13.4. The second kappa shape index (κ2) is 5.31. The fourth-order valence-corrected chi connectivity index (χ4v) is 2.66. The van der Waals surface area contributed by atoms with Crippen molar-refractivity contribution in [2.45, 2.75) is 6.92 Å². The quantitative estimate of drug-likeness (QED) is 0.890. The number of nitriles is 1. The van der Waals surface area contributed by atoms with E-state index in [0.29, 0.717) is 31.7 Å². The summed E-state index contributed by atoms with van der Waals surface area (Å²) in [6.45, 7) is 1.71. The molecule has 1 amide bonds. The Morgan fingerprint density at radius 2 is 2.05 bits per heavy atom. The molecule has 0 radical (unpaired) electrons. The molecule has 1 aromatic carbocycles. The minimum Gasteiger partial charge on any atom is -0.389 e. The molecule has 2 rings (SSSR count). The lowest BCUT2D eigenvalue weighted by molar-refractivity contribution is 0.103. The topological polar surface area (TPSA) is 78.9 Å². The van der Waals surface area contributed by atoms with Crippen molar-refractivity contribution in [2.75, 3.05) is 11.1 Å². The van der Waals surface area contributed by atoms with Crippen molar-refractivity contribution in [3.63, 3.8) is 0 Å². The van der Waals surface area contributed by atoms with Crippen LogP contribution in [0.1, 0.15) is 20.8 Å². The smallest absolute Gasteiger partial charge is 0.266 e. The number of carbonyl (C=O) groups excluding carboxylic acids is 1. The molecular weight excluding hydrogens is 282 g/mol. The van der Waals surface area contributed by atoms with E-state index in [2.05, 4.69) is 5.32 Å². The average Bonchev–Trinajstić information content (AvgIpc) is 2.67. The van der Waals surface area contributed by atoms with Crippen LogP contribution < -0.4 is 11.1 Å². The van der Waals surface area contributed by atoms with E-state index >= 15 is 0 Å². The van der Waals surface area contributed by atoms with Crippen molar-refractivity contribution in [1.82, 2.24) is 0 Å². The Labute approximate surface area is 119 Å². The Bertz CT molecular complexity index is 670. The van der Waals surface area contributed by atoms with E-state index in [0.717, 1.165) is 11.3 Å². The molecule has 0 atom stereocenters. The fourth-order valence-electron chi connectivity index (χ4n) is 1.61. The predicted octanol–water partition coefficient (Wildman–Crippen LogP) is 3.42. The lowest BCUT2D eigenvalue weighted by Crippen LogP contribution is -2.11. The van der Waals surface area contributed by atoms with Gasteiger partial charge in [-0.25, -0.2) is 0 Å². The van der Waals surface area contributed by atoms with Crippen LogP contribution in [0.25, 0.3) is 0 Å². The normalized spacial score (nSPS) is 9.95. The molecule has 0 bridgehead atoms. The Morgan fingerprint density at radius 3 is 2.58 bits per heavy atom. The number of carbonyl (C=O) groups is 1. The predicted molar refractivity (Wildman–Crippen MR) is 77.6 cm³/mol. The highest BCUT2D eigenvalue weighted by Gasteiger charge is 2.18. The number of amides is 1. The number of hydrogen-bond donors (Lipinski definition) is 2. The summed E-state index contributed by atoms with van der Waals surface area (Å²) in [5, 5.41) is 12.6. The zero-order valence-electron chi connectivity index (χ0n) is 10.0. The van der Waals surface area contributed by atoms with Crippen LogP contribution in [0.3, 0.4) is 0 Å². The summed E-state index contributed by atoms with van der Waals surface area (Å²) in [5.41, 5.74) is 7.32. The third-order valence-corrected chi connectivity index (χ3v) is 3.97. The van der Waals surface area contributed by atoms with E-state index in [1.165, 1.54) is 0 Å². The summed E-state index contributed by atoms with van der Waals surface area (Å²) in [5.74, 6) is -0.280. The Hall–Kier alpha value is -2.03. The molecule has 6 heteroatoms. The molecule has 1 heterocycles. The first-order valence-corrected chi connectivity index (χ1v) is 6.58. The molecular formula is C13H10ClN3OS. The Morgan fingerprint density at radius 1 is 1.42 bits per heavy atom. The van der Waals surface area contributed by atoms with E-state index in [9.17, 15) is 4.79 Å². The zero-order chi connectivity index (χ0) is 14.0. The van der Waals surface area contributed by atoms with E-state index in [1.54, 1.807) is 31.2 Å². The van der Waals surface area contributed by atoms with Crippen LogP contribution in [0.5, 0.6) is 0 Å². The van der Waals surface area contributed by atoms with Crippen LogP contribution in [0.15, 0.2) is 24.3 Å². The summed E-state index contributed by atoms with van der Waals surface area (Å²) in [6, 6.07) is 8.79. The molecule has 3 N–H and O–H groups in total. The highest BCUT2D eigenvalue weighted by molar-refractivity contribution is 7.18. The number of nitrogens with zero attached hydrogens (tertiary/aromatic N) is 1.